The van der Waals surface area contributed by atoms with Gasteiger partial charge in [-0.3, -0.25) is 4.79 Å². The van der Waals surface area contributed by atoms with Crippen LogP contribution >= 0.6 is 11.3 Å². The van der Waals surface area contributed by atoms with Crippen molar-refractivity contribution >= 4 is 50.0 Å². The van der Waals surface area contributed by atoms with Gasteiger partial charge in [0.05, 0.1) is 10.2 Å². The van der Waals surface area contributed by atoms with E-state index in [-0.39, 0.29) is 11.9 Å². The molecular formula is C17H16N4O2S. The van der Waals surface area contributed by atoms with E-state index in [0.29, 0.717) is 10.8 Å². The molecule has 3 rings (SSSR count). The third-order valence-corrected chi connectivity index (χ3v) is 4.17. The quantitative estimate of drug-likeness (QED) is 0.668. The van der Waals surface area contributed by atoms with Crippen molar-refractivity contribution in [3.8, 4) is 0 Å². The zero-order chi connectivity index (χ0) is 17.1. The van der Waals surface area contributed by atoms with Crippen molar-refractivity contribution < 1.29 is 9.59 Å². The summed E-state index contributed by atoms with van der Waals surface area (Å²) in [6.07, 6.45) is 0. The molecule has 6 nitrogen and oxygen atoms in total. The number of benzene rings is 2. The Morgan fingerprint density at radius 1 is 0.958 bits per heavy atom. The number of aryl methyl sites for hydroxylation is 1. The summed E-state index contributed by atoms with van der Waals surface area (Å²) < 4.78 is 0.881. The molecule has 0 bridgehead atoms. The Kier molecular flexibility index (Phi) is 4.43. The van der Waals surface area contributed by atoms with E-state index in [4.69, 9.17) is 0 Å². The zero-order valence-electron chi connectivity index (χ0n) is 13.2. The van der Waals surface area contributed by atoms with Gasteiger partial charge < -0.3 is 16.0 Å². The first kappa shape index (κ1) is 15.9. The van der Waals surface area contributed by atoms with Crippen molar-refractivity contribution in [1.82, 2.24) is 4.98 Å². The van der Waals surface area contributed by atoms with Crippen LogP contribution in [0.4, 0.5) is 21.3 Å². The van der Waals surface area contributed by atoms with E-state index in [1.54, 1.807) is 12.1 Å². The minimum absolute atomic E-state index is 0.162. The highest BCUT2D eigenvalue weighted by molar-refractivity contribution is 7.22. The molecule has 1 heterocycles. The van der Waals surface area contributed by atoms with Gasteiger partial charge >= 0.3 is 6.03 Å². The first-order chi connectivity index (χ1) is 11.5. The maximum atomic E-state index is 12.1. The van der Waals surface area contributed by atoms with Crippen LogP contribution in [-0.4, -0.2) is 16.9 Å². The van der Waals surface area contributed by atoms with Crippen molar-refractivity contribution in [3.63, 3.8) is 0 Å². The standard InChI is InChI=1S/C17H16N4O2S/c1-10-3-5-12(6-4-10)19-16(23)20-13-7-8-14-15(9-13)24-17(21-14)18-11(2)22/h3-9H,1-2H3,(H,18,21,22)(H2,19,20,23). The number of nitrogens with one attached hydrogen (secondary N) is 3. The number of rotatable bonds is 3. The normalized spacial score (nSPS) is 10.4. The third kappa shape index (κ3) is 3.88. The first-order valence-electron chi connectivity index (χ1n) is 7.32. The number of nitrogens with zero attached hydrogens (tertiary/aromatic N) is 1. The molecule has 3 aromatic rings. The fraction of sp³-hybridized carbons (Fsp3) is 0.118. The maximum Gasteiger partial charge on any atom is 0.323 e. The van der Waals surface area contributed by atoms with Crippen LogP contribution in [0.25, 0.3) is 10.2 Å². The highest BCUT2D eigenvalue weighted by Crippen LogP contribution is 2.28. The van der Waals surface area contributed by atoms with Gasteiger partial charge in [0.1, 0.15) is 0 Å². The summed E-state index contributed by atoms with van der Waals surface area (Å²) in [7, 11) is 0. The molecule has 0 atom stereocenters. The molecule has 0 spiro atoms. The molecule has 3 N–H and O–H groups in total. The van der Waals surface area contributed by atoms with Gasteiger partial charge in [-0.15, -0.1) is 0 Å². The Balaban J connectivity index is 1.71. The van der Waals surface area contributed by atoms with Crippen LogP contribution in [0, 0.1) is 6.92 Å². The second-order valence-electron chi connectivity index (χ2n) is 5.33. The largest absolute Gasteiger partial charge is 0.323 e. The summed E-state index contributed by atoms with van der Waals surface area (Å²) in [5, 5.41) is 8.77. The molecule has 0 saturated carbocycles. The van der Waals surface area contributed by atoms with Gasteiger partial charge in [-0.1, -0.05) is 29.0 Å². The van der Waals surface area contributed by atoms with E-state index in [1.807, 2.05) is 37.3 Å². The zero-order valence-corrected chi connectivity index (χ0v) is 14.0. The van der Waals surface area contributed by atoms with Crippen LogP contribution in [0.5, 0.6) is 0 Å². The van der Waals surface area contributed by atoms with Crippen molar-refractivity contribution in [2.24, 2.45) is 0 Å². The lowest BCUT2D eigenvalue weighted by atomic mass is 10.2. The molecule has 0 aliphatic rings. The third-order valence-electron chi connectivity index (χ3n) is 3.24. The predicted octanol–water partition coefficient (Wildman–Crippen LogP) is 4.21. The predicted molar refractivity (Wildman–Crippen MR) is 97.7 cm³/mol. The first-order valence-corrected chi connectivity index (χ1v) is 8.14. The van der Waals surface area contributed by atoms with Crippen LogP contribution in [-0.2, 0) is 4.79 Å². The molecule has 0 aliphatic heterocycles. The summed E-state index contributed by atoms with van der Waals surface area (Å²) in [4.78, 5) is 27.5. The molecule has 0 aliphatic carbocycles. The molecule has 0 saturated heterocycles. The van der Waals surface area contributed by atoms with Crippen LogP contribution in [0.2, 0.25) is 0 Å². The molecular weight excluding hydrogens is 324 g/mol. The molecule has 0 unspecified atom stereocenters. The van der Waals surface area contributed by atoms with Gasteiger partial charge in [0.2, 0.25) is 5.91 Å². The Hall–Kier alpha value is -2.93. The van der Waals surface area contributed by atoms with E-state index in [0.717, 1.165) is 21.5 Å². The smallest absolute Gasteiger partial charge is 0.308 e. The molecule has 3 amide bonds. The van der Waals surface area contributed by atoms with Gasteiger partial charge in [-0.2, -0.15) is 0 Å². The minimum atomic E-state index is -0.315. The SMILES string of the molecule is CC(=O)Nc1nc2ccc(NC(=O)Nc3ccc(C)cc3)cc2s1. The topological polar surface area (TPSA) is 83.1 Å². The summed E-state index contributed by atoms with van der Waals surface area (Å²) >= 11 is 1.36. The summed E-state index contributed by atoms with van der Waals surface area (Å²) in [6.45, 7) is 3.43. The van der Waals surface area contributed by atoms with Gasteiger partial charge in [0.25, 0.3) is 0 Å². The van der Waals surface area contributed by atoms with E-state index < -0.39 is 0 Å². The van der Waals surface area contributed by atoms with Crippen molar-refractivity contribution in [3.05, 3.63) is 48.0 Å². The molecule has 24 heavy (non-hydrogen) atoms. The number of fused-ring (bicyclic) bond motifs is 1. The maximum absolute atomic E-state index is 12.1. The fourth-order valence-electron chi connectivity index (χ4n) is 2.14. The molecule has 122 valence electrons. The summed E-state index contributed by atoms with van der Waals surface area (Å²) in [6, 6.07) is 12.7. The van der Waals surface area contributed by atoms with Gasteiger partial charge in [-0.25, -0.2) is 9.78 Å². The Bertz CT molecular complexity index is 903. The Labute approximate surface area is 142 Å². The van der Waals surface area contributed by atoms with Gasteiger partial charge in [-0.05, 0) is 37.3 Å². The number of amides is 3. The number of carbonyl (C=O) groups is 2. The number of aromatic nitrogens is 1. The number of carbonyl (C=O) groups excluding carboxylic acids is 2. The van der Waals surface area contributed by atoms with E-state index >= 15 is 0 Å². The lowest BCUT2D eigenvalue weighted by molar-refractivity contribution is -0.114. The fourth-order valence-corrected chi connectivity index (χ4v) is 3.09. The summed E-state index contributed by atoms with van der Waals surface area (Å²) in [5.74, 6) is -0.162. The lowest BCUT2D eigenvalue weighted by Crippen LogP contribution is -2.19. The van der Waals surface area contributed by atoms with E-state index in [2.05, 4.69) is 20.9 Å². The number of anilines is 3. The van der Waals surface area contributed by atoms with Crippen LogP contribution in [0.1, 0.15) is 12.5 Å². The average molecular weight is 340 g/mol. The molecule has 2 aromatic carbocycles. The minimum Gasteiger partial charge on any atom is -0.308 e. The molecule has 0 radical (unpaired) electrons. The van der Waals surface area contributed by atoms with Gasteiger partial charge in [0.15, 0.2) is 5.13 Å². The Morgan fingerprint density at radius 3 is 2.33 bits per heavy atom. The molecule has 0 fully saturated rings. The highest BCUT2D eigenvalue weighted by Gasteiger charge is 2.08. The van der Waals surface area contributed by atoms with E-state index in [9.17, 15) is 9.59 Å². The molecule has 7 heteroatoms. The van der Waals surface area contributed by atoms with E-state index in [1.165, 1.54) is 18.3 Å². The lowest BCUT2D eigenvalue weighted by Gasteiger charge is -2.07. The number of hydrogen-bond acceptors (Lipinski definition) is 4. The van der Waals surface area contributed by atoms with Crippen LogP contribution < -0.4 is 16.0 Å². The van der Waals surface area contributed by atoms with Crippen molar-refractivity contribution in [1.29, 1.82) is 0 Å². The van der Waals surface area contributed by atoms with Crippen molar-refractivity contribution in [2.45, 2.75) is 13.8 Å². The van der Waals surface area contributed by atoms with Crippen LogP contribution in [0.15, 0.2) is 42.5 Å². The highest BCUT2D eigenvalue weighted by atomic mass is 32.1. The number of hydrogen-bond donors (Lipinski definition) is 3. The second-order valence-corrected chi connectivity index (χ2v) is 6.36. The van der Waals surface area contributed by atoms with Gasteiger partial charge in [0, 0.05) is 18.3 Å². The number of urea groups is 1. The van der Waals surface area contributed by atoms with Crippen LogP contribution in [0.3, 0.4) is 0 Å². The summed E-state index contributed by atoms with van der Waals surface area (Å²) in [5.41, 5.74) is 3.29. The monoisotopic (exact) mass is 340 g/mol. The number of thiazole rings is 1. The second kappa shape index (κ2) is 6.67. The molecule has 1 aromatic heterocycles. The average Bonchev–Trinajstić information content (AvgIpc) is 2.90. The Morgan fingerprint density at radius 2 is 1.62 bits per heavy atom. The van der Waals surface area contributed by atoms with Crippen molar-refractivity contribution in [2.75, 3.05) is 16.0 Å².